The van der Waals surface area contributed by atoms with Crippen LogP contribution in [0.2, 0.25) is 0 Å². The smallest absolute Gasteiger partial charge is 0.315 e. The first-order valence-electron chi connectivity index (χ1n) is 10.8. The third-order valence-corrected chi connectivity index (χ3v) is 6.27. The van der Waals surface area contributed by atoms with Crippen LogP contribution in [0.3, 0.4) is 0 Å². The number of piperidine rings is 1. The summed E-state index contributed by atoms with van der Waals surface area (Å²) in [4.78, 5) is 45.4. The van der Waals surface area contributed by atoms with E-state index in [1.165, 1.54) is 5.06 Å². The molecule has 0 aromatic heterocycles. The van der Waals surface area contributed by atoms with Crippen molar-refractivity contribution in [2.24, 2.45) is 0 Å². The van der Waals surface area contributed by atoms with E-state index in [0.29, 0.717) is 31.5 Å². The van der Waals surface area contributed by atoms with Crippen molar-refractivity contribution in [1.82, 2.24) is 20.6 Å². The van der Waals surface area contributed by atoms with Gasteiger partial charge in [-0.1, -0.05) is 42.5 Å². The summed E-state index contributed by atoms with van der Waals surface area (Å²) in [6, 6.07) is 16.2. The third-order valence-electron chi connectivity index (χ3n) is 6.27. The van der Waals surface area contributed by atoms with Crippen LogP contribution >= 0.6 is 0 Å². The fourth-order valence-electron chi connectivity index (χ4n) is 4.53. The molecule has 2 aromatic rings. The minimum atomic E-state index is -0.756. The molecule has 3 N–H and O–H groups in total. The molecule has 0 bridgehead atoms. The summed E-state index contributed by atoms with van der Waals surface area (Å²) in [6.45, 7) is 1.44. The van der Waals surface area contributed by atoms with E-state index < -0.39 is 11.7 Å². The number of anilines is 1. The largest absolute Gasteiger partial charge is 0.360 e. The molecule has 4 amide bonds. The Labute approximate surface area is 185 Å². The summed E-state index contributed by atoms with van der Waals surface area (Å²) < 4.78 is 0. The Morgan fingerprint density at radius 3 is 2.47 bits per heavy atom. The standard InChI is InChI=1S/C23H25N5O4/c29-20-17-8-4-5-9-18(17)26-23(28(20)32-15-16-6-2-1-3-7-16)10-12-27(13-11-23)21(30)19-14-24-22(31)25-19/h1-9,19,26H,10-15H2,(H2,24,25,31). The van der Waals surface area contributed by atoms with Gasteiger partial charge in [0.15, 0.2) is 0 Å². The van der Waals surface area contributed by atoms with Crippen molar-refractivity contribution in [3.05, 3.63) is 65.7 Å². The van der Waals surface area contributed by atoms with Gasteiger partial charge in [0, 0.05) is 38.2 Å². The van der Waals surface area contributed by atoms with E-state index >= 15 is 0 Å². The maximum Gasteiger partial charge on any atom is 0.315 e. The Bertz CT molecular complexity index is 1040. The normalized spacial score (nSPS) is 21.6. The van der Waals surface area contributed by atoms with Gasteiger partial charge in [-0.2, -0.15) is 5.06 Å². The molecule has 0 saturated carbocycles. The molecule has 32 heavy (non-hydrogen) atoms. The average Bonchev–Trinajstić information content (AvgIpc) is 3.26. The zero-order valence-corrected chi connectivity index (χ0v) is 17.5. The molecule has 2 fully saturated rings. The average molecular weight is 435 g/mol. The number of nitrogens with one attached hydrogen (secondary N) is 3. The number of hydrogen-bond donors (Lipinski definition) is 3. The number of rotatable bonds is 4. The maximum atomic E-state index is 13.4. The molecule has 0 aliphatic carbocycles. The number of urea groups is 1. The maximum absolute atomic E-state index is 13.4. The lowest BCUT2D eigenvalue weighted by molar-refractivity contribution is -0.199. The summed E-state index contributed by atoms with van der Waals surface area (Å²) in [5, 5.41) is 10.2. The molecule has 3 aliphatic rings. The molecule has 3 aliphatic heterocycles. The Balaban J connectivity index is 1.36. The number of hydrogen-bond acceptors (Lipinski definition) is 5. The molecule has 9 heteroatoms. The van der Waals surface area contributed by atoms with Gasteiger partial charge in [0.2, 0.25) is 5.91 Å². The van der Waals surface area contributed by atoms with E-state index in [4.69, 9.17) is 4.84 Å². The molecule has 2 aromatic carbocycles. The fourth-order valence-corrected chi connectivity index (χ4v) is 4.53. The van der Waals surface area contributed by atoms with Gasteiger partial charge in [-0.3, -0.25) is 14.4 Å². The summed E-state index contributed by atoms with van der Waals surface area (Å²) in [5.41, 5.74) is 1.54. The first kappa shape index (κ1) is 20.3. The molecule has 3 heterocycles. The summed E-state index contributed by atoms with van der Waals surface area (Å²) >= 11 is 0. The van der Waals surface area contributed by atoms with Crippen LogP contribution in [0.5, 0.6) is 0 Å². The highest BCUT2D eigenvalue weighted by atomic mass is 16.7. The predicted octanol–water partition coefficient (Wildman–Crippen LogP) is 1.69. The number of carbonyl (C=O) groups excluding carboxylic acids is 3. The van der Waals surface area contributed by atoms with E-state index in [2.05, 4.69) is 16.0 Å². The molecule has 166 valence electrons. The number of nitrogens with zero attached hydrogens (tertiary/aromatic N) is 2. The molecule has 1 spiro atoms. The Kier molecular flexibility index (Phi) is 5.18. The van der Waals surface area contributed by atoms with Crippen molar-refractivity contribution in [2.75, 3.05) is 25.0 Å². The first-order valence-corrected chi connectivity index (χ1v) is 10.8. The Hall–Kier alpha value is -3.59. The minimum absolute atomic E-state index is 0.113. The van der Waals surface area contributed by atoms with Gasteiger partial charge in [0.1, 0.15) is 18.3 Å². The number of hydroxylamine groups is 2. The van der Waals surface area contributed by atoms with Crippen LogP contribution in [0.1, 0.15) is 28.8 Å². The van der Waals surface area contributed by atoms with E-state index in [1.807, 2.05) is 48.5 Å². The van der Waals surface area contributed by atoms with Crippen molar-refractivity contribution >= 4 is 23.5 Å². The highest BCUT2D eigenvalue weighted by Gasteiger charge is 2.49. The lowest BCUT2D eigenvalue weighted by Gasteiger charge is -2.50. The monoisotopic (exact) mass is 435 g/mol. The minimum Gasteiger partial charge on any atom is -0.360 e. The van der Waals surface area contributed by atoms with Gasteiger partial charge in [-0.25, -0.2) is 4.79 Å². The van der Waals surface area contributed by atoms with Crippen molar-refractivity contribution in [3.63, 3.8) is 0 Å². The van der Waals surface area contributed by atoms with E-state index in [-0.39, 0.29) is 31.0 Å². The van der Waals surface area contributed by atoms with Crippen LogP contribution in [-0.2, 0) is 16.2 Å². The summed E-state index contributed by atoms with van der Waals surface area (Å²) in [5.74, 6) is -0.306. The van der Waals surface area contributed by atoms with Crippen LogP contribution in [0.25, 0.3) is 0 Å². The molecule has 9 nitrogen and oxygen atoms in total. The molecule has 1 atom stereocenters. The number of amides is 4. The van der Waals surface area contributed by atoms with Gasteiger partial charge < -0.3 is 20.9 Å². The zero-order valence-electron chi connectivity index (χ0n) is 17.5. The van der Waals surface area contributed by atoms with Crippen LogP contribution < -0.4 is 16.0 Å². The van der Waals surface area contributed by atoms with E-state index in [9.17, 15) is 14.4 Å². The number of likely N-dealkylation sites (tertiary alicyclic amines) is 1. The van der Waals surface area contributed by atoms with Crippen molar-refractivity contribution in [1.29, 1.82) is 0 Å². The molecule has 2 saturated heterocycles. The van der Waals surface area contributed by atoms with E-state index in [0.717, 1.165) is 11.3 Å². The Morgan fingerprint density at radius 2 is 1.75 bits per heavy atom. The Morgan fingerprint density at radius 1 is 1.03 bits per heavy atom. The number of carbonyl (C=O) groups is 3. The lowest BCUT2D eigenvalue weighted by atomic mass is 9.91. The fraction of sp³-hybridized carbons (Fsp3) is 0.348. The number of benzene rings is 2. The zero-order chi connectivity index (χ0) is 22.1. The second-order valence-electron chi connectivity index (χ2n) is 8.29. The summed E-state index contributed by atoms with van der Waals surface area (Å²) in [7, 11) is 0. The van der Waals surface area contributed by atoms with Gasteiger partial charge in [-0.05, 0) is 17.7 Å². The van der Waals surface area contributed by atoms with Gasteiger partial charge in [-0.15, -0.1) is 0 Å². The van der Waals surface area contributed by atoms with E-state index in [1.54, 1.807) is 11.0 Å². The van der Waals surface area contributed by atoms with Gasteiger partial charge in [0.05, 0.1) is 5.56 Å². The second kappa shape index (κ2) is 8.16. The van der Waals surface area contributed by atoms with Crippen LogP contribution in [0, 0.1) is 0 Å². The lowest BCUT2D eigenvalue weighted by Crippen LogP contribution is -2.65. The van der Waals surface area contributed by atoms with Crippen LogP contribution in [-0.4, -0.2) is 59.1 Å². The molecular weight excluding hydrogens is 410 g/mol. The van der Waals surface area contributed by atoms with Crippen molar-refractivity contribution < 1.29 is 19.2 Å². The van der Waals surface area contributed by atoms with Gasteiger partial charge in [0.25, 0.3) is 5.91 Å². The quantitative estimate of drug-likeness (QED) is 0.678. The third kappa shape index (κ3) is 3.64. The number of fused-ring (bicyclic) bond motifs is 1. The van der Waals surface area contributed by atoms with Crippen molar-refractivity contribution in [3.8, 4) is 0 Å². The highest BCUT2D eigenvalue weighted by Crippen LogP contribution is 2.38. The predicted molar refractivity (Wildman–Crippen MR) is 116 cm³/mol. The molecule has 5 rings (SSSR count). The SMILES string of the molecule is O=C1NCC(C(=O)N2CCC3(CC2)Nc2ccccc2C(=O)N3OCc2ccccc2)N1. The number of para-hydroxylation sites is 1. The first-order chi connectivity index (χ1) is 15.6. The topological polar surface area (TPSA) is 103 Å². The molecular formula is C23H25N5O4. The molecule has 0 radical (unpaired) electrons. The highest BCUT2D eigenvalue weighted by molar-refractivity contribution is 6.01. The van der Waals surface area contributed by atoms with Crippen LogP contribution in [0.15, 0.2) is 54.6 Å². The second-order valence-corrected chi connectivity index (χ2v) is 8.29. The summed E-state index contributed by atoms with van der Waals surface area (Å²) in [6.07, 6.45) is 1.00. The molecule has 1 unspecified atom stereocenters. The van der Waals surface area contributed by atoms with Crippen LogP contribution in [0.4, 0.5) is 10.5 Å². The van der Waals surface area contributed by atoms with Crippen molar-refractivity contribution in [2.45, 2.75) is 31.2 Å². The van der Waals surface area contributed by atoms with Gasteiger partial charge >= 0.3 is 6.03 Å².